The third kappa shape index (κ3) is 4.32. The molecule has 23 heavy (non-hydrogen) atoms. The number of carboxylic acids is 1. The predicted molar refractivity (Wildman–Crippen MR) is 87.4 cm³/mol. The van der Waals surface area contributed by atoms with Gasteiger partial charge in [0.05, 0.1) is 10.7 Å². The van der Waals surface area contributed by atoms with E-state index in [1.54, 1.807) is 24.3 Å². The number of aromatic amines is 1. The van der Waals surface area contributed by atoms with Crippen LogP contribution >= 0.6 is 11.6 Å². The molecule has 0 saturated heterocycles. The van der Waals surface area contributed by atoms with Crippen LogP contribution in [0.25, 0.3) is 11.3 Å². The maximum atomic E-state index is 12.2. The van der Waals surface area contributed by atoms with Gasteiger partial charge < -0.3 is 10.4 Å². The largest absolute Gasteiger partial charge is 0.480 e. The number of halogens is 1. The number of nitrogens with zero attached hydrogens (tertiary/aromatic N) is 1. The maximum Gasteiger partial charge on any atom is 0.326 e. The van der Waals surface area contributed by atoms with E-state index in [0.717, 1.165) is 0 Å². The Morgan fingerprint density at radius 3 is 2.65 bits per heavy atom. The SMILES string of the molecule is CC(C)C[C@@H](NC(=O)c1cc(-c2ccccc2Cl)n[nH]1)C(=O)O. The number of H-pyrrole nitrogens is 1. The van der Waals surface area contributed by atoms with E-state index in [0.29, 0.717) is 22.7 Å². The van der Waals surface area contributed by atoms with Gasteiger partial charge in [-0.25, -0.2) is 4.79 Å². The Kier molecular flexibility index (Phi) is 5.39. The lowest BCUT2D eigenvalue weighted by Gasteiger charge is -2.15. The average Bonchev–Trinajstić information content (AvgIpc) is 2.96. The van der Waals surface area contributed by atoms with Gasteiger partial charge in [0.25, 0.3) is 5.91 Å². The number of benzene rings is 1. The molecule has 0 aliphatic rings. The molecule has 122 valence electrons. The van der Waals surface area contributed by atoms with Crippen molar-refractivity contribution in [1.82, 2.24) is 15.5 Å². The first kappa shape index (κ1) is 17.0. The van der Waals surface area contributed by atoms with E-state index in [-0.39, 0.29) is 11.6 Å². The van der Waals surface area contributed by atoms with Crippen LogP contribution in [0.4, 0.5) is 0 Å². The standard InChI is InChI=1S/C16H18ClN3O3/c1-9(2)7-14(16(22)23)18-15(21)13-8-12(19-20-13)10-5-3-4-6-11(10)17/h3-6,8-9,14H,7H2,1-2H3,(H,18,21)(H,19,20)(H,22,23)/t14-/m1/s1. The molecule has 0 aliphatic heterocycles. The molecule has 1 heterocycles. The zero-order valence-electron chi connectivity index (χ0n) is 12.8. The molecule has 0 fully saturated rings. The van der Waals surface area contributed by atoms with Gasteiger partial charge in [-0.1, -0.05) is 43.6 Å². The van der Waals surface area contributed by atoms with Crippen molar-refractivity contribution in [1.29, 1.82) is 0 Å². The normalized spacial score (nSPS) is 12.2. The molecule has 0 aliphatic carbocycles. The Morgan fingerprint density at radius 1 is 1.35 bits per heavy atom. The Bertz CT molecular complexity index is 712. The van der Waals surface area contributed by atoms with E-state index in [1.165, 1.54) is 0 Å². The van der Waals surface area contributed by atoms with E-state index in [1.807, 2.05) is 19.9 Å². The molecule has 6 nitrogen and oxygen atoms in total. The highest BCUT2D eigenvalue weighted by Gasteiger charge is 2.23. The average molecular weight is 336 g/mol. The number of carboxylic acid groups (broad SMARTS) is 1. The van der Waals surface area contributed by atoms with Crippen LogP contribution in [0.3, 0.4) is 0 Å². The van der Waals surface area contributed by atoms with Gasteiger partial charge in [0.2, 0.25) is 0 Å². The minimum Gasteiger partial charge on any atom is -0.480 e. The highest BCUT2D eigenvalue weighted by Crippen LogP contribution is 2.26. The Labute approximate surface area is 138 Å². The van der Waals surface area contributed by atoms with Gasteiger partial charge in [-0.05, 0) is 24.5 Å². The van der Waals surface area contributed by atoms with Crippen molar-refractivity contribution < 1.29 is 14.7 Å². The fourth-order valence-corrected chi connectivity index (χ4v) is 2.41. The van der Waals surface area contributed by atoms with Crippen LogP contribution in [0, 0.1) is 5.92 Å². The summed E-state index contributed by atoms with van der Waals surface area (Å²) in [5.74, 6) is -1.42. The summed E-state index contributed by atoms with van der Waals surface area (Å²) in [6.07, 6.45) is 0.354. The minimum atomic E-state index is -1.06. The van der Waals surface area contributed by atoms with Gasteiger partial charge in [-0.3, -0.25) is 9.89 Å². The molecule has 0 radical (unpaired) electrons. The first-order valence-corrected chi connectivity index (χ1v) is 7.60. The molecule has 2 rings (SSSR count). The van der Waals surface area contributed by atoms with Gasteiger partial charge >= 0.3 is 5.97 Å². The lowest BCUT2D eigenvalue weighted by Crippen LogP contribution is -2.41. The monoisotopic (exact) mass is 335 g/mol. The molecule has 1 amide bonds. The molecule has 0 spiro atoms. The van der Waals surface area contributed by atoms with Crippen molar-refractivity contribution in [3.63, 3.8) is 0 Å². The predicted octanol–water partition coefficient (Wildman–Crippen LogP) is 2.96. The van der Waals surface area contributed by atoms with Gasteiger partial charge in [-0.2, -0.15) is 5.10 Å². The molecular formula is C16H18ClN3O3. The van der Waals surface area contributed by atoms with Crippen molar-refractivity contribution in [2.24, 2.45) is 5.92 Å². The molecule has 2 aromatic rings. The lowest BCUT2D eigenvalue weighted by atomic mass is 10.0. The summed E-state index contributed by atoms with van der Waals surface area (Å²) in [7, 11) is 0. The quantitative estimate of drug-likeness (QED) is 0.756. The highest BCUT2D eigenvalue weighted by atomic mass is 35.5. The zero-order chi connectivity index (χ0) is 17.0. The second-order valence-electron chi connectivity index (χ2n) is 5.64. The third-order valence-electron chi connectivity index (χ3n) is 3.28. The first-order valence-electron chi connectivity index (χ1n) is 7.22. The smallest absolute Gasteiger partial charge is 0.326 e. The van der Waals surface area contributed by atoms with Crippen molar-refractivity contribution in [3.05, 3.63) is 41.0 Å². The van der Waals surface area contributed by atoms with Gasteiger partial charge in [-0.15, -0.1) is 0 Å². The molecular weight excluding hydrogens is 318 g/mol. The Morgan fingerprint density at radius 2 is 2.04 bits per heavy atom. The van der Waals surface area contributed by atoms with Crippen molar-refractivity contribution in [2.75, 3.05) is 0 Å². The molecule has 0 unspecified atom stereocenters. The molecule has 0 saturated carbocycles. The van der Waals surface area contributed by atoms with Crippen LogP contribution in [0.2, 0.25) is 5.02 Å². The van der Waals surface area contributed by atoms with E-state index in [4.69, 9.17) is 11.6 Å². The number of hydrogen-bond acceptors (Lipinski definition) is 3. The van der Waals surface area contributed by atoms with Crippen LogP contribution in [0.1, 0.15) is 30.8 Å². The molecule has 7 heteroatoms. The second-order valence-corrected chi connectivity index (χ2v) is 6.05. The Hall–Kier alpha value is -2.34. The summed E-state index contributed by atoms with van der Waals surface area (Å²) in [6, 6.07) is 7.75. The Balaban J connectivity index is 2.15. The molecule has 1 atom stereocenters. The fourth-order valence-electron chi connectivity index (χ4n) is 2.17. The third-order valence-corrected chi connectivity index (χ3v) is 3.61. The first-order chi connectivity index (χ1) is 10.9. The number of rotatable bonds is 6. The van der Waals surface area contributed by atoms with E-state index < -0.39 is 17.9 Å². The molecule has 3 N–H and O–H groups in total. The number of nitrogens with one attached hydrogen (secondary N) is 2. The zero-order valence-corrected chi connectivity index (χ0v) is 13.6. The number of carbonyl (C=O) groups excluding carboxylic acids is 1. The maximum absolute atomic E-state index is 12.2. The van der Waals surface area contributed by atoms with Crippen LogP contribution in [-0.2, 0) is 4.79 Å². The van der Waals surface area contributed by atoms with E-state index in [2.05, 4.69) is 15.5 Å². The molecule has 1 aromatic carbocycles. The lowest BCUT2D eigenvalue weighted by molar-refractivity contribution is -0.139. The summed E-state index contributed by atoms with van der Waals surface area (Å²) in [5.41, 5.74) is 1.41. The summed E-state index contributed by atoms with van der Waals surface area (Å²) in [6.45, 7) is 3.79. The highest BCUT2D eigenvalue weighted by molar-refractivity contribution is 6.33. The number of hydrogen-bond donors (Lipinski definition) is 3. The summed E-state index contributed by atoms with van der Waals surface area (Å²) in [5, 5.41) is 18.9. The van der Waals surface area contributed by atoms with Crippen molar-refractivity contribution in [3.8, 4) is 11.3 Å². The summed E-state index contributed by atoms with van der Waals surface area (Å²) in [4.78, 5) is 23.4. The van der Waals surface area contributed by atoms with Crippen LogP contribution < -0.4 is 5.32 Å². The van der Waals surface area contributed by atoms with Crippen LogP contribution in [-0.4, -0.2) is 33.2 Å². The number of aliphatic carboxylic acids is 1. The summed E-state index contributed by atoms with van der Waals surface area (Å²) >= 11 is 6.10. The minimum absolute atomic E-state index is 0.150. The van der Waals surface area contributed by atoms with Gasteiger partial charge in [0.15, 0.2) is 0 Å². The second kappa shape index (κ2) is 7.28. The molecule has 1 aromatic heterocycles. The number of amides is 1. The van der Waals surface area contributed by atoms with Crippen molar-refractivity contribution in [2.45, 2.75) is 26.3 Å². The van der Waals surface area contributed by atoms with Crippen LogP contribution in [0.15, 0.2) is 30.3 Å². The van der Waals surface area contributed by atoms with Gasteiger partial charge in [0, 0.05) is 5.56 Å². The van der Waals surface area contributed by atoms with Gasteiger partial charge in [0.1, 0.15) is 11.7 Å². The topological polar surface area (TPSA) is 95.1 Å². The van der Waals surface area contributed by atoms with E-state index in [9.17, 15) is 14.7 Å². The number of aromatic nitrogens is 2. The molecule has 0 bridgehead atoms. The van der Waals surface area contributed by atoms with Crippen molar-refractivity contribution >= 4 is 23.5 Å². The fraction of sp³-hybridized carbons (Fsp3) is 0.312. The summed E-state index contributed by atoms with van der Waals surface area (Å²) < 4.78 is 0. The van der Waals surface area contributed by atoms with Crippen LogP contribution in [0.5, 0.6) is 0 Å². The number of carbonyl (C=O) groups is 2. The van der Waals surface area contributed by atoms with E-state index >= 15 is 0 Å².